The maximum atomic E-state index is 8.47. The zero-order valence-electron chi connectivity index (χ0n) is 49.3. The highest BCUT2D eigenvalue weighted by molar-refractivity contribution is 8.27. The first kappa shape index (κ1) is 51.2. The minimum absolute atomic E-state index is 1.04. The summed E-state index contributed by atoms with van der Waals surface area (Å²) in [5.41, 5.74) is 19.4. The van der Waals surface area contributed by atoms with E-state index >= 15 is 0 Å². The highest BCUT2D eigenvalue weighted by atomic mass is 32.4. The molecule has 0 atom stereocenters. The summed E-state index contributed by atoms with van der Waals surface area (Å²) in [6.07, 6.45) is 0. The van der Waals surface area contributed by atoms with Crippen molar-refractivity contribution < 1.29 is 0 Å². The predicted octanol–water partition coefficient (Wildman–Crippen LogP) is 20.5. The molecular weight excluding hydrogens is 1200 g/mol. The Bertz CT molecular complexity index is 5200. The lowest BCUT2D eigenvalue weighted by molar-refractivity contribution is 1.19. The normalized spacial score (nSPS) is 15.1. The second-order valence-corrected chi connectivity index (χ2v) is 33.0. The molecule has 0 aromatic heterocycles. The van der Waals surface area contributed by atoms with Crippen molar-refractivity contribution in [1.82, 2.24) is 0 Å². The van der Waals surface area contributed by atoms with Crippen LogP contribution in [0.4, 0.5) is 102 Å². The largest absolute Gasteiger partial charge is 0.308 e. The molecule has 0 saturated heterocycles. The number of benzene rings is 15. The fourth-order valence-corrected chi connectivity index (χ4v) is 27.2. The first-order valence-corrected chi connectivity index (χ1v) is 36.9. The Balaban J connectivity index is 1.08. The van der Waals surface area contributed by atoms with E-state index in [4.69, 9.17) is 23.6 Å². The molecule has 0 spiro atoms. The first-order chi connectivity index (χ1) is 45.5. The van der Waals surface area contributed by atoms with Gasteiger partial charge in [-0.15, -0.1) is 0 Å². The van der Waals surface area contributed by atoms with Crippen LogP contribution >= 0.6 is 12.1 Å². The van der Waals surface area contributed by atoms with E-state index in [2.05, 4.69) is 333 Å². The van der Waals surface area contributed by atoms with Gasteiger partial charge in [-0.05, 0) is 119 Å². The van der Waals surface area contributed by atoms with Gasteiger partial charge in [-0.3, -0.25) is 0 Å². The van der Waals surface area contributed by atoms with Crippen LogP contribution in [0.1, 0.15) is 0 Å². The van der Waals surface area contributed by atoms with Crippen molar-refractivity contribution in [3.8, 4) is 0 Å². The third kappa shape index (κ3) is 6.35. The molecule has 0 fully saturated rings. The van der Waals surface area contributed by atoms with Gasteiger partial charge in [0.25, 0.3) is 0 Å². The van der Waals surface area contributed by atoms with Gasteiger partial charge in [0, 0.05) is 87.5 Å². The molecule has 6 aliphatic heterocycles. The lowest BCUT2D eigenvalue weighted by Gasteiger charge is -2.58. The standard InChI is InChI=1S/C82H50N6P2S2/c91-89-77-65-47-51-27-19-23-43-61(51)69(77)87(59-39-15-5-16-40-59)70-62-44-24-21-29-53(62)49-67(78(70)89)85(57-35-11-3-12-36-57)75-76-82-74(73(81(75)89)83(65)55-31-7-1-8-32-55)84(56-33-9-2-10-34-56)66-48-52-28-20-25-45-63(52)71-79(66)90(82,92)80-68(86(76)58-37-13-4-14-38-58)50-54-30-22-26-46-64(54)72(80)88(71)60-41-17-6-18-42-60/h1-50H. The molecule has 0 amide bonds. The summed E-state index contributed by atoms with van der Waals surface area (Å²) < 4.78 is 0. The molecule has 6 heterocycles. The molecule has 0 bridgehead atoms. The topological polar surface area (TPSA) is 19.4 Å². The van der Waals surface area contributed by atoms with E-state index in [0.29, 0.717) is 0 Å². The zero-order valence-corrected chi connectivity index (χ0v) is 52.7. The van der Waals surface area contributed by atoms with Gasteiger partial charge in [0.1, 0.15) is 0 Å². The van der Waals surface area contributed by atoms with Crippen molar-refractivity contribution in [3.63, 3.8) is 0 Å². The summed E-state index contributed by atoms with van der Waals surface area (Å²) in [5, 5.41) is 16.2. The molecule has 15 aromatic carbocycles. The van der Waals surface area contributed by atoms with Crippen LogP contribution in [0.25, 0.3) is 43.1 Å². The van der Waals surface area contributed by atoms with E-state index < -0.39 is 12.1 Å². The van der Waals surface area contributed by atoms with Crippen LogP contribution in [0.15, 0.2) is 303 Å². The van der Waals surface area contributed by atoms with Crippen molar-refractivity contribution in [1.29, 1.82) is 0 Å². The number of hydrogen-bond donors (Lipinski definition) is 0. The van der Waals surface area contributed by atoms with Gasteiger partial charge in [0.2, 0.25) is 0 Å². The molecule has 0 radical (unpaired) electrons. The number of anilines is 18. The predicted molar refractivity (Wildman–Crippen MR) is 398 cm³/mol. The average molecular weight is 1250 g/mol. The minimum Gasteiger partial charge on any atom is -0.308 e. The molecule has 0 saturated carbocycles. The quantitative estimate of drug-likeness (QED) is 0.152. The Kier molecular flexibility index (Phi) is 10.3. The molecule has 21 rings (SSSR count). The second-order valence-electron chi connectivity index (χ2n) is 24.6. The third-order valence-electron chi connectivity index (χ3n) is 20.0. The van der Waals surface area contributed by atoms with Gasteiger partial charge in [-0.25, -0.2) is 0 Å². The number of hydrogen-bond acceptors (Lipinski definition) is 8. The fraction of sp³-hybridized carbons (Fsp3) is 0. The first-order valence-electron chi connectivity index (χ1n) is 31.3. The van der Waals surface area contributed by atoms with Crippen LogP contribution in [-0.2, 0) is 23.6 Å². The molecule has 92 heavy (non-hydrogen) atoms. The van der Waals surface area contributed by atoms with Gasteiger partial charge >= 0.3 is 0 Å². The molecule has 15 aromatic rings. The van der Waals surface area contributed by atoms with E-state index in [9.17, 15) is 0 Å². The highest BCUT2D eigenvalue weighted by Gasteiger charge is 2.61. The third-order valence-corrected chi connectivity index (χ3v) is 29.7. The van der Waals surface area contributed by atoms with E-state index in [1.54, 1.807) is 0 Å². The van der Waals surface area contributed by atoms with Crippen LogP contribution in [-0.4, -0.2) is 0 Å². The van der Waals surface area contributed by atoms with Gasteiger partial charge in [0.05, 0.1) is 80.3 Å². The van der Waals surface area contributed by atoms with Crippen LogP contribution in [0, 0.1) is 0 Å². The Hall–Kier alpha value is -10.6. The monoisotopic (exact) mass is 1240 g/mol. The second kappa shape index (κ2) is 18.5. The lowest BCUT2D eigenvalue weighted by atomic mass is 9.96. The van der Waals surface area contributed by atoms with E-state index in [-0.39, 0.29) is 0 Å². The van der Waals surface area contributed by atoms with Crippen molar-refractivity contribution >= 4 is 213 Å². The van der Waals surface area contributed by atoms with Crippen molar-refractivity contribution in [2.24, 2.45) is 0 Å². The summed E-state index contributed by atoms with van der Waals surface area (Å²) in [7, 11) is 0. The molecule has 0 unspecified atom stereocenters. The zero-order chi connectivity index (χ0) is 60.3. The average Bonchev–Trinajstić information content (AvgIpc) is 0.613. The van der Waals surface area contributed by atoms with Crippen molar-refractivity contribution in [2.75, 3.05) is 29.4 Å². The maximum Gasteiger partial charge on any atom is 0.0824 e. The lowest BCUT2D eigenvalue weighted by Crippen LogP contribution is -2.53. The SMILES string of the molecule is S=P12c3c4c5c6c(c3N(c3ccccc3)c3cc7ccccc7c(c31)N(c1ccccc1)c1c2c(cc2ccccc12)N4c1ccccc1)N(c1ccccc1)c1cc2ccccc2c2c1P6(=S)c1c(cc3ccccc3c1N2c1ccccc1)N5c1ccccc1. The number of fused-ring (bicyclic) bond motifs is 10. The summed E-state index contributed by atoms with van der Waals surface area (Å²) in [5.74, 6) is 0. The number of rotatable bonds is 6. The van der Waals surface area contributed by atoms with Crippen molar-refractivity contribution in [3.05, 3.63) is 303 Å². The Morgan fingerprint density at radius 1 is 0.185 bits per heavy atom. The minimum atomic E-state index is -3.38. The summed E-state index contributed by atoms with van der Waals surface area (Å²) >= 11 is 16.9. The van der Waals surface area contributed by atoms with Gasteiger partial charge in [-0.1, -0.05) is 230 Å². The maximum absolute atomic E-state index is 8.47. The summed E-state index contributed by atoms with van der Waals surface area (Å²) in [6, 6.07) is 106. The van der Waals surface area contributed by atoms with Gasteiger partial charge < -0.3 is 29.4 Å². The molecule has 6 nitrogen and oxygen atoms in total. The summed E-state index contributed by atoms with van der Waals surface area (Å²) in [6.45, 7) is 0. The van der Waals surface area contributed by atoms with Crippen LogP contribution in [0.3, 0.4) is 0 Å². The van der Waals surface area contributed by atoms with E-state index in [1.165, 1.54) is 21.2 Å². The Labute approximate surface area is 541 Å². The van der Waals surface area contributed by atoms with Crippen LogP contribution in [0.5, 0.6) is 0 Å². The Morgan fingerprint density at radius 2 is 0.370 bits per heavy atom. The number of para-hydroxylation sites is 6. The van der Waals surface area contributed by atoms with Gasteiger partial charge in [-0.2, -0.15) is 0 Å². The fourth-order valence-electron chi connectivity index (χ4n) is 16.6. The molecule has 10 heteroatoms. The highest BCUT2D eigenvalue weighted by Crippen LogP contribution is 2.77. The van der Waals surface area contributed by atoms with Crippen LogP contribution in [0.2, 0.25) is 0 Å². The molecule has 0 aliphatic carbocycles. The van der Waals surface area contributed by atoms with Crippen molar-refractivity contribution in [2.45, 2.75) is 0 Å². The molecule has 0 N–H and O–H groups in total. The van der Waals surface area contributed by atoms with E-state index in [0.717, 1.165) is 156 Å². The van der Waals surface area contributed by atoms with E-state index in [1.807, 2.05) is 0 Å². The Morgan fingerprint density at radius 3 is 0.587 bits per heavy atom. The smallest absolute Gasteiger partial charge is 0.0824 e. The number of nitrogens with zero attached hydrogens (tertiary/aromatic N) is 6. The molecule has 6 aliphatic rings. The van der Waals surface area contributed by atoms with Crippen LogP contribution < -0.4 is 61.2 Å². The molecular formula is C82H50N6P2S2. The summed E-state index contributed by atoms with van der Waals surface area (Å²) in [4.78, 5) is 15.8. The van der Waals surface area contributed by atoms with Gasteiger partial charge in [0.15, 0.2) is 0 Å². The molecule has 430 valence electrons.